The lowest BCUT2D eigenvalue weighted by atomic mass is 10.2. The molecule has 8 heteroatoms. The minimum atomic E-state index is -3.61. The minimum absolute atomic E-state index is 0.141. The molecule has 3 rings (SSSR count). The molecule has 144 valence electrons. The largest absolute Gasteiger partial charge is 0.321 e. The first-order valence-electron chi connectivity index (χ1n) is 8.63. The first kappa shape index (κ1) is 20.0. The Morgan fingerprint density at radius 1 is 1.07 bits per heavy atom. The third kappa shape index (κ3) is 4.57. The van der Waals surface area contributed by atoms with Crippen LogP contribution in [0.4, 0.5) is 5.69 Å². The number of piperazine rings is 1. The summed E-state index contributed by atoms with van der Waals surface area (Å²) in [4.78, 5) is 14.8. The summed E-state index contributed by atoms with van der Waals surface area (Å²) in [5, 5.41) is 2.82. The SMILES string of the molecule is Cc1ccc(NC(=O)c2cccc(S(=O)(=O)N3CCN(C)CC3)c2)c(Br)c1. The first-order chi connectivity index (χ1) is 12.8. The molecule has 27 heavy (non-hydrogen) atoms. The highest BCUT2D eigenvalue weighted by Crippen LogP contribution is 2.25. The van der Waals surface area contributed by atoms with E-state index < -0.39 is 10.0 Å². The van der Waals surface area contributed by atoms with Gasteiger partial charge < -0.3 is 10.2 Å². The van der Waals surface area contributed by atoms with Crippen LogP contribution in [0.5, 0.6) is 0 Å². The van der Waals surface area contributed by atoms with Gasteiger partial charge in [0.25, 0.3) is 5.91 Å². The van der Waals surface area contributed by atoms with E-state index in [1.54, 1.807) is 12.1 Å². The zero-order chi connectivity index (χ0) is 19.6. The number of halogens is 1. The molecule has 1 aliphatic heterocycles. The highest BCUT2D eigenvalue weighted by molar-refractivity contribution is 9.10. The molecule has 2 aromatic carbocycles. The Bertz CT molecular complexity index is 954. The fourth-order valence-corrected chi connectivity index (χ4v) is 4.95. The fourth-order valence-electron chi connectivity index (χ4n) is 2.89. The van der Waals surface area contributed by atoms with Gasteiger partial charge in [-0.05, 0) is 65.8 Å². The number of rotatable bonds is 4. The second kappa shape index (κ2) is 8.10. The van der Waals surface area contributed by atoms with Crippen molar-refractivity contribution in [2.75, 3.05) is 38.5 Å². The van der Waals surface area contributed by atoms with Crippen molar-refractivity contribution < 1.29 is 13.2 Å². The molecule has 0 spiro atoms. The fraction of sp³-hybridized carbons (Fsp3) is 0.316. The molecule has 1 amide bonds. The second-order valence-electron chi connectivity index (χ2n) is 6.67. The topological polar surface area (TPSA) is 69.7 Å². The quantitative estimate of drug-likeness (QED) is 0.775. The van der Waals surface area contributed by atoms with Crippen molar-refractivity contribution >= 4 is 37.5 Å². The van der Waals surface area contributed by atoms with E-state index in [1.165, 1.54) is 16.4 Å². The molecule has 1 saturated heterocycles. The van der Waals surface area contributed by atoms with Crippen molar-refractivity contribution in [1.29, 1.82) is 0 Å². The van der Waals surface area contributed by atoms with Gasteiger partial charge in [0, 0.05) is 36.2 Å². The number of nitrogens with one attached hydrogen (secondary N) is 1. The predicted molar refractivity (Wildman–Crippen MR) is 110 cm³/mol. The van der Waals surface area contributed by atoms with E-state index in [0.717, 1.165) is 10.0 Å². The number of carbonyl (C=O) groups excluding carboxylic acids is 1. The third-order valence-electron chi connectivity index (χ3n) is 4.57. The van der Waals surface area contributed by atoms with Gasteiger partial charge in [0.2, 0.25) is 10.0 Å². The maximum atomic E-state index is 12.9. The number of aryl methyl sites for hydroxylation is 1. The summed E-state index contributed by atoms with van der Waals surface area (Å²) in [6, 6.07) is 11.8. The van der Waals surface area contributed by atoms with E-state index >= 15 is 0 Å². The molecule has 0 saturated carbocycles. The van der Waals surface area contributed by atoms with Gasteiger partial charge in [0.05, 0.1) is 10.6 Å². The smallest absolute Gasteiger partial charge is 0.255 e. The van der Waals surface area contributed by atoms with Gasteiger partial charge in [-0.2, -0.15) is 4.31 Å². The summed E-state index contributed by atoms with van der Waals surface area (Å²) in [7, 11) is -1.64. The van der Waals surface area contributed by atoms with Gasteiger partial charge in [-0.25, -0.2) is 8.42 Å². The van der Waals surface area contributed by atoms with Gasteiger partial charge in [-0.15, -0.1) is 0 Å². The van der Waals surface area contributed by atoms with E-state index in [-0.39, 0.29) is 10.8 Å². The molecule has 0 radical (unpaired) electrons. The molecule has 0 bridgehead atoms. The maximum Gasteiger partial charge on any atom is 0.255 e. The molecule has 1 fully saturated rings. The van der Waals surface area contributed by atoms with Crippen molar-refractivity contribution in [3.63, 3.8) is 0 Å². The van der Waals surface area contributed by atoms with Gasteiger partial charge in [-0.3, -0.25) is 4.79 Å². The number of hydrogen-bond donors (Lipinski definition) is 1. The molecule has 0 aliphatic carbocycles. The van der Waals surface area contributed by atoms with Crippen LogP contribution in [-0.4, -0.2) is 56.8 Å². The Morgan fingerprint density at radius 2 is 1.78 bits per heavy atom. The van der Waals surface area contributed by atoms with Crippen LogP contribution in [0.25, 0.3) is 0 Å². The first-order valence-corrected chi connectivity index (χ1v) is 10.9. The van der Waals surface area contributed by atoms with Crippen molar-refractivity contribution in [1.82, 2.24) is 9.21 Å². The molecule has 1 N–H and O–H groups in total. The minimum Gasteiger partial charge on any atom is -0.321 e. The average Bonchev–Trinajstić information content (AvgIpc) is 2.64. The normalized spacial score (nSPS) is 16.3. The summed E-state index contributed by atoms with van der Waals surface area (Å²) in [5.74, 6) is -0.352. The molecule has 0 atom stereocenters. The molecule has 6 nitrogen and oxygen atoms in total. The van der Waals surface area contributed by atoms with Crippen LogP contribution >= 0.6 is 15.9 Å². The summed E-state index contributed by atoms with van der Waals surface area (Å²) < 4.78 is 28.0. The van der Waals surface area contributed by atoms with Gasteiger partial charge in [0.1, 0.15) is 0 Å². The summed E-state index contributed by atoms with van der Waals surface area (Å²) >= 11 is 3.43. The number of hydrogen-bond acceptors (Lipinski definition) is 4. The molecule has 1 heterocycles. The molecule has 2 aromatic rings. The van der Waals surface area contributed by atoms with Crippen molar-refractivity contribution in [3.8, 4) is 0 Å². The number of benzene rings is 2. The lowest BCUT2D eigenvalue weighted by Gasteiger charge is -2.31. The maximum absolute atomic E-state index is 12.9. The van der Waals surface area contributed by atoms with Crippen molar-refractivity contribution in [2.24, 2.45) is 0 Å². The van der Waals surface area contributed by atoms with E-state index in [0.29, 0.717) is 37.4 Å². The van der Waals surface area contributed by atoms with E-state index in [2.05, 4.69) is 26.1 Å². The van der Waals surface area contributed by atoms with Crippen LogP contribution in [0.15, 0.2) is 51.8 Å². The highest BCUT2D eigenvalue weighted by atomic mass is 79.9. The molecule has 0 aromatic heterocycles. The van der Waals surface area contributed by atoms with Gasteiger partial charge in [0.15, 0.2) is 0 Å². The van der Waals surface area contributed by atoms with Crippen LogP contribution in [-0.2, 0) is 10.0 Å². The number of sulfonamides is 1. The molecular weight excluding hydrogens is 430 g/mol. The summed E-state index contributed by atoms with van der Waals surface area (Å²) in [6.07, 6.45) is 0. The Balaban J connectivity index is 1.81. The Morgan fingerprint density at radius 3 is 2.44 bits per heavy atom. The predicted octanol–water partition coefficient (Wildman–Crippen LogP) is 2.95. The number of likely N-dealkylation sites (N-methyl/N-ethyl adjacent to an activating group) is 1. The standard InChI is InChI=1S/C19H22BrN3O3S/c1-14-6-7-18(17(20)12-14)21-19(24)15-4-3-5-16(13-15)27(25,26)23-10-8-22(2)9-11-23/h3-7,12-13H,8-11H2,1-2H3,(H,21,24). The Hall–Kier alpha value is -1.74. The highest BCUT2D eigenvalue weighted by Gasteiger charge is 2.28. The lowest BCUT2D eigenvalue weighted by Crippen LogP contribution is -2.47. The zero-order valence-corrected chi connectivity index (χ0v) is 17.7. The number of nitrogens with zero attached hydrogens (tertiary/aromatic N) is 2. The van der Waals surface area contributed by atoms with Crippen LogP contribution < -0.4 is 5.32 Å². The van der Waals surface area contributed by atoms with Crippen LogP contribution in [0, 0.1) is 6.92 Å². The van der Waals surface area contributed by atoms with Gasteiger partial charge in [-0.1, -0.05) is 12.1 Å². The van der Waals surface area contributed by atoms with E-state index in [4.69, 9.17) is 0 Å². The van der Waals surface area contributed by atoms with E-state index in [9.17, 15) is 13.2 Å². The van der Waals surface area contributed by atoms with Crippen LogP contribution in [0.3, 0.4) is 0 Å². The second-order valence-corrected chi connectivity index (χ2v) is 9.46. The molecular formula is C19H22BrN3O3S. The lowest BCUT2D eigenvalue weighted by molar-refractivity contribution is 0.102. The number of carbonyl (C=O) groups is 1. The van der Waals surface area contributed by atoms with Crippen molar-refractivity contribution in [2.45, 2.75) is 11.8 Å². The third-order valence-corrected chi connectivity index (χ3v) is 7.12. The van der Waals surface area contributed by atoms with Gasteiger partial charge >= 0.3 is 0 Å². The molecule has 0 unspecified atom stereocenters. The van der Waals surface area contributed by atoms with E-state index in [1.807, 2.05) is 32.2 Å². The molecule has 1 aliphatic rings. The number of amides is 1. The summed E-state index contributed by atoms with van der Waals surface area (Å²) in [5.41, 5.74) is 2.01. The Kier molecular flexibility index (Phi) is 6.00. The monoisotopic (exact) mass is 451 g/mol. The Labute approximate surface area is 168 Å². The average molecular weight is 452 g/mol. The van der Waals surface area contributed by atoms with Crippen molar-refractivity contribution in [3.05, 3.63) is 58.1 Å². The zero-order valence-electron chi connectivity index (χ0n) is 15.3. The number of anilines is 1. The van der Waals surface area contributed by atoms with Crippen LogP contribution in [0.1, 0.15) is 15.9 Å². The van der Waals surface area contributed by atoms with Crippen LogP contribution in [0.2, 0.25) is 0 Å². The summed E-state index contributed by atoms with van der Waals surface area (Å²) in [6.45, 7) is 4.25.